The molecule has 0 aromatic carbocycles. The molecule has 20 heavy (non-hydrogen) atoms. The summed E-state index contributed by atoms with van der Waals surface area (Å²) in [6.07, 6.45) is 8.91. The second-order valence-corrected chi connectivity index (χ2v) is 7.91. The van der Waals surface area contributed by atoms with Crippen molar-refractivity contribution in [2.45, 2.75) is 51.0 Å². The van der Waals surface area contributed by atoms with Crippen LogP contribution in [0.4, 0.5) is 0 Å². The van der Waals surface area contributed by atoms with Crippen LogP contribution >= 0.6 is 12.2 Å². The van der Waals surface area contributed by atoms with Gasteiger partial charge < -0.3 is 10.6 Å². The van der Waals surface area contributed by atoms with E-state index in [1.54, 1.807) is 0 Å². The topological polar surface area (TPSA) is 46.3 Å². The Kier molecular flexibility index (Phi) is 3.06. The summed E-state index contributed by atoms with van der Waals surface area (Å²) in [6.45, 7) is 0.504. The summed E-state index contributed by atoms with van der Waals surface area (Å²) >= 11 is 5.08. The minimum absolute atomic E-state index is 0.330. The van der Waals surface area contributed by atoms with Gasteiger partial charge in [0, 0.05) is 12.0 Å². The van der Waals surface area contributed by atoms with E-state index in [2.05, 4.69) is 4.90 Å². The molecule has 0 heterocycles. The van der Waals surface area contributed by atoms with Gasteiger partial charge in [0.1, 0.15) is 0 Å². The van der Waals surface area contributed by atoms with E-state index in [0.29, 0.717) is 29.4 Å². The Morgan fingerprint density at radius 3 is 2.25 bits per heavy atom. The Morgan fingerprint density at radius 2 is 1.70 bits per heavy atom. The lowest BCUT2D eigenvalue weighted by Crippen LogP contribution is -2.45. The fourth-order valence-corrected chi connectivity index (χ4v) is 5.76. The second kappa shape index (κ2) is 4.69. The van der Waals surface area contributed by atoms with E-state index in [4.69, 9.17) is 18.0 Å². The monoisotopic (exact) mass is 292 g/mol. The molecule has 4 fully saturated rings. The summed E-state index contributed by atoms with van der Waals surface area (Å²) in [5.41, 5.74) is 5.74. The molecule has 3 nitrogen and oxygen atoms in total. The maximum absolute atomic E-state index is 13.0. The van der Waals surface area contributed by atoms with Crippen molar-refractivity contribution < 1.29 is 4.79 Å². The van der Waals surface area contributed by atoms with E-state index in [-0.39, 0.29) is 0 Å². The van der Waals surface area contributed by atoms with Crippen molar-refractivity contribution in [3.05, 3.63) is 0 Å². The minimum Gasteiger partial charge on any atom is -0.392 e. The molecule has 0 aromatic rings. The van der Waals surface area contributed by atoms with E-state index in [0.717, 1.165) is 36.5 Å². The number of thiocarbonyl (C=S) groups is 1. The van der Waals surface area contributed by atoms with Gasteiger partial charge in [-0.05, 0) is 55.8 Å². The molecule has 1 amide bonds. The van der Waals surface area contributed by atoms with Gasteiger partial charge in [-0.2, -0.15) is 0 Å². The largest absolute Gasteiger partial charge is 0.392 e. The average Bonchev–Trinajstić information content (AvgIpc) is 2.85. The van der Waals surface area contributed by atoms with E-state index >= 15 is 0 Å². The number of carbonyl (C=O) groups is 1. The van der Waals surface area contributed by atoms with Gasteiger partial charge in [0.15, 0.2) is 0 Å². The Bertz CT molecular complexity index is 430. The molecule has 4 unspecified atom stereocenters. The zero-order valence-corrected chi connectivity index (χ0v) is 12.8. The van der Waals surface area contributed by atoms with Crippen molar-refractivity contribution in [2.24, 2.45) is 35.3 Å². The summed E-state index contributed by atoms with van der Waals surface area (Å²) in [7, 11) is 0. The number of hydrogen-bond acceptors (Lipinski definition) is 2. The normalized spacial score (nSPS) is 41.7. The van der Waals surface area contributed by atoms with Gasteiger partial charge in [-0.25, -0.2) is 0 Å². The van der Waals surface area contributed by atoms with Gasteiger partial charge in [0.25, 0.3) is 0 Å². The number of rotatable bonds is 4. The van der Waals surface area contributed by atoms with Crippen LogP contribution in [0.2, 0.25) is 0 Å². The van der Waals surface area contributed by atoms with Crippen LogP contribution in [0.15, 0.2) is 0 Å². The van der Waals surface area contributed by atoms with Crippen LogP contribution in [0.25, 0.3) is 0 Å². The molecular weight excluding hydrogens is 268 g/mol. The lowest BCUT2D eigenvalue weighted by molar-refractivity contribution is -0.135. The zero-order chi connectivity index (χ0) is 13.9. The number of nitrogens with zero attached hydrogens (tertiary/aromatic N) is 1. The lowest BCUT2D eigenvalue weighted by atomic mass is 10.0. The SMILES string of the molecule is NC(=S)CN(C(=O)C1C2C3CCC(C3)C12)C1CCCC1. The number of nitrogens with two attached hydrogens (primary N) is 1. The van der Waals surface area contributed by atoms with Gasteiger partial charge in [0.05, 0.1) is 11.5 Å². The van der Waals surface area contributed by atoms with Crippen molar-refractivity contribution in [3.8, 4) is 0 Å². The highest BCUT2D eigenvalue weighted by Gasteiger charge is 2.68. The van der Waals surface area contributed by atoms with Gasteiger partial charge in [-0.1, -0.05) is 25.1 Å². The maximum Gasteiger partial charge on any atom is 0.226 e. The van der Waals surface area contributed by atoms with Crippen LogP contribution in [0, 0.1) is 29.6 Å². The quantitative estimate of drug-likeness (QED) is 0.809. The van der Waals surface area contributed by atoms with Gasteiger partial charge in [0.2, 0.25) is 5.91 Å². The first-order chi connectivity index (χ1) is 9.66. The summed E-state index contributed by atoms with van der Waals surface area (Å²) in [6, 6.07) is 0.406. The fourth-order valence-electron chi connectivity index (χ4n) is 5.62. The van der Waals surface area contributed by atoms with Crippen LogP contribution in [-0.2, 0) is 4.79 Å². The van der Waals surface area contributed by atoms with Crippen molar-refractivity contribution in [3.63, 3.8) is 0 Å². The minimum atomic E-state index is 0.330. The van der Waals surface area contributed by atoms with E-state index in [9.17, 15) is 4.79 Å². The predicted octanol–water partition coefficient (Wildman–Crippen LogP) is 2.34. The molecule has 4 rings (SSSR count). The van der Waals surface area contributed by atoms with Crippen molar-refractivity contribution in [1.29, 1.82) is 0 Å². The zero-order valence-electron chi connectivity index (χ0n) is 12.0. The van der Waals surface area contributed by atoms with Crippen LogP contribution in [0.3, 0.4) is 0 Å². The molecule has 0 spiro atoms. The molecule has 4 heteroatoms. The first-order valence-corrected chi connectivity index (χ1v) is 8.66. The van der Waals surface area contributed by atoms with Crippen LogP contribution in [0.1, 0.15) is 44.9 Å². The van der Waals surface area contributed by atoms with Crippen molar-refractivity contribution in [1.82, 2.24) is 4.90 Å². The third-order valence-corrected chi connectivity index (χ3v) is 6.52. The van der Waals surface area contributed by atoms with E-state index in [1.807, 2.05) is 0 Å². The molecule has 4 aliphatic carbocycles. The standard InChI is InChI=1S/C16H24N2OS/c17-12(20)8-18(11-3-1-2-4-11)16(19)15-13-9-5-6-10(7-9)14(13)15/h9-11,13-15H,1-8H2,(H2,17,20). The summed E-state index contributed by atoms with van der Waals surface area (Å²) in [5, 5.41) is 0. The van der Waals surface area contributed by atoms with Crippen LogP contribution in [0.5, 0.6) is 0 Å². The predicted molar refractivity (Wildman–Crippen MR) is 82.1 cm³/mol. The molecule has 0 saturated heterocycles. The molecule has 110 valence electrons. The average molecular weight is 292 g/mol. The molecule has 4 aliphatic rings. The first kappa shape index (κ1) is 13.1. The Morgan fingerprint density at radius 1 is 1.10 bits per heavy atom. The Balaban J connectivity index is 1.49. The second-order valence-electron chi connectivity index (χ2n) is 7.38. The number of hydrogen-bond donors (Lipinski definition) is 1. The molecule has 0 aliphatic heterocycles. The summed E-state index contributed by atoms with van der Waals surface area (Å²) in [4.78, 5) is 15.5. The Hall–Kier alpha value is -0.640. The maximum atomic E-state index is 13.0. The third-order valence-electron chi connectivity index (χ3n) is 6.40. The third kappa shape index (κ3) is 1.91. The highest BCUT2D eigenvalue weighted by Crippen LogP contribution is 2.69. The molecule has 0 aromatic heterocycles. The summed E-state index contributed by atoms with van der Waals surface area (Å²) < 4.78 is 0. The van der Waals surface area contributed by atoms with Crippen molar-refractivity contribution in [2.75, 3.05) is 6.54 Å². The smallest absolute Gasteiger partial charge is 0.226 e. The van der Waals surface area contributed by atoms with E-state index < -0.39 is 0 Å². The lowest BCUT2D eigenvalue weighted by Gasteiger charge is -2.29. The number of fused-ring (bicyclic) bond motifs is 5. The van der Waals surface area contributed by atoms with Gasteiger partial charge >= 0.3 is 0 Å². The fraction of sp³-hybridized carbons (Fsp3) is 0.875. The highest BCUT2D eigenvalue weighted by molar-refractivity contribution is 7.80. The molecule has 4 saturated carbocycles. The molecule has 0 radical (unpaired) electrons. The van der Waals surface area contributed by atoms with Crippen molar-refractivity contribution >= 4 is 23.1 Å². The summed E-state index contributed by atoms with van der Waals surface area (Å²) in [5.74, 6) is 3.86. The number of amides is 1. The number of carbonyl (C=O) groups excluding carboxylic acids is 1. The van der Waals surface area contributed by atoms with Crippen LogP contribution < -0.4 is 5.73 Å². The highest BCUT2D eigenvalue weighted by atomic mass is 32.1. The molecule has 4 atom stereocenters. The first-order valence-electron chi connectivity index (χ1n) is 8.25. The molecule has 2 N–H and O–H groups in total. The molecular formula is C16H24N2OS. The van der Waals surface area contributed by atoms with Gasteiger partial charge in [-0.15, -0.1) is 0 Å². The Labute approximate surface area is 126 Å². The molecule has 2 bridgehead atoms. The van der Waals surface area contributed by atoms with E-state index in [1.165, 1.54) is 32.1 Å². The van der Waals surface area contributed by atoms with Gasteiger partial charge in [-0.3, -0.25) is 4.79 Å². The van der Waals surface area contributed by atoms with Crippen LogP contribution in [-0.4, -0.2) is 28.4 Å².